The highest BCUT2D eigenvalue weighted by Crippen LogP contribution is 2.25. The average molecular weight is 464 g/mol. The standard InChI is InChI=1S/C25H31ClFNO4/c1-17(22-7-3-2-5-19(22)9-11-25(30)31)32-16-21(29)15-28-12-4-6-20(28)13-18-8-10-24(27)23(26)14-18/h2-3,5,7-8,10,14,17,20-21,29H,4,6,9,11-13,15-16H2,1H3,(H,30,31)/t17-,20+,21-/m1/s1. The van der Waals surface area contributed by atoms with E-state index in [0.29, 0.717) is 13.0 Å². The molecular weight excluding hydrogens is 433 g/mol. The third-order valence-corrected chi connectivity index (χ3v) is 6.33. The van der Waals surface area contributed by atoms with Crippen molar-refractivity contribution < 1.29 is 24.1 Å². The van der Waals surface area contributed by atoms with Crippen molar-refractivity contribution in [2.24, 2.45) is 0 Å². The summed E-state index contributed by atoms with van der Waals surface area (Å²) in [5.41, 5.74) is 2.90. The fourth-order valence-corrected chi connectivity index (χ4v) is 4.58. The molecule has 1 aliphatic rings. The predicted octanol–water partition coefficient (Wildman–Crippen LogP) is 4.64. The highest BCUT2D eigenvalue weighted by molar-refractivity contribution is 6.30. The van der Waals surface area contributed by atoms with E-state index in [9.17, 15) is 14.3 Å². The molecule has 0 radical (unpaired) electrons. The molecule has 174 valence electrons. The van der Waals surface area contributed by atoms with Crippen molar-refractivity contribution in [3.63, 3.8) is 0 Å². The van der Waals surface area contributed by atoms with Crippen molar-refractivity contribution in [1.29, 1.82) is 0 Å². The van der Waals surface area contributed by atoms with Gasteiger partial charge in [-0.25, -0.2) is 4.39 Å². The molecule has 1 fully saturated rings. The van der Waals surface area contributed by atoms with Gasteiger partial charge in [0.2, 0.25) is 0 Å². The van der Waals surface area contributed by atoms with Gasteiger partial charge in [-0.15, -0.1) is 0 Å². The van der Waals surface area contributed by atoms with Gasteiger partial charge in [-0.3, -0.25) is 9.69 Å². The number of rotatable bonds is 11. The normalized spacial score (nSPS) is 18.6. The molecule has 1 heterocycles. The zero-order valence-electron chi connectivity index (χ0n) is 18.3. The summed E-state index contributed by atoms with van der Waals surface area (Å²) in [6, 6.07) is 12.8. The van der Waals surface area contributed by atoms with Crippen molar-refractivity contribution >= 4 is 17.6 Å². The molecule has 0 spiro atoms. The van der Waals surface area contributed by atoms with E-state index in [0.717, 1.165) is 42.5 Å². The Kier molecular flexibility index (Phi) is 9.05. The molecule has 32 heavy (non-hydrogen) atoms. The van der Waals surface area contributed by atoms with Gasteiger partial charge in [0.15, 0.2) is 0 Å². The molecule has 2 aromatic rings. The number of ether oxygens (including phenoxy) is 1. The summed E-state index contributed by atoms with van der Waals surface area (Å²) in [6.45, 7) is 3.53. The molecule has 0 bridgehead atoms. The predicted molar refractivity (Wildman–Crippen MR) is 122 cm³/mol. The summed E-state index contributed by atoms with van der Waals surface area (Å²) < 4.78 is 19.4. The van der Waals surface area contributed by atoms with Crippen LogP contribution in [0.25, 0.3) is 0 Å². The van der Waals surface area contributed by atoms with Gasteiger partial charge in [-0.1, -0.05) is 41.9 Å². The van der Waals surface area contributed by atoms with Gasteiger partial charge < -0.3 is 14.9 Å². The van der Waals surface area contributed by atoms with E-state index in [2.05, 4.69) is 4.90 Å². The van der Waals surface area contributed by atoms with E-state index in [4.69, 9.17) is 21.4 Å². The van der Waals surface area contributed by atoms with E-state index in [-0.39, 0.29) is 30.2 Å². The SMILES string of the molecule is C[C@@H](OC[C@H](O)CN1CCC[C@H]1Cc1ccc(F)c(Cl)c1)c1ccccc1CCC(=O)O. The Bertz CT molecular complexity index is 909. The zero-order valence-corrected chi connectivity index (χ0v) is 19.1. The average Bonchev–Trinajstić information content (AvgIpc) is 3.19. The Balaban J connectivity index is 1.51. The van der Waals surface area contributed by atoms with Crippen LogP contribution in [0.2, 0.25) is 5.02 Å². The third kappa shape index (κ3) is 7.01. The number of carboxylic acid groups (broad SMARTS) is 1. The summed E-state index contributed by atoms with van der Waals surface area (Å²) in [5.74, 6) is -1.24. The number of likely N-dealkylation sites (tertiary alicyclic amines) is 1. The Morgan fingerprint density at radius 2 is 2.09 bits per heavy atom. The second-order valence-corrected chi connectivity index (χ2v) is 8.87. The number of nitrogens with zero attached hydrogens (tertiary/aromatic N) is 1. The molecule has 2 N–H and O–H groups in total. The molecule has 0 amide bonds. The van der Waals surface area contributed by atoms with Crippen LogP contribution >= 0.6 is 11.6 Å². The fraction of sp³-hybridized carbons (Fsp3) is 0.480. The number of β-amino-alcohol motifs (C(OH)–C–C–N with tert-alkyl or cyclic N) is 1. The topological polar surface area (TPSA) is 70.0 Å². The van der Waals surface area contributed by atoms with Crippen LogP contribution in [0.3, 0.4) is 0 Å². The number of carboxylic acids is 1. The van der Waals surface area contributed by atoms with E-state index < -0.39 is 17.9 Å². The van der Waals surface area contributed by atoms with Gasteiger partial charge in [-0.05, 0) is 68.0 Å². The first kappa shape index (κ1) is 24.6. The molecule has 0 aliphatic carbocycles. The summed E-state index contributed by atoms with van der Waals surface area (Å²) >= 11 is 5.91. The molecule has 2 aromatic carbocycles. The summed E-state index contributed by atoms with van der Waals surface area (Å²) in [5, 5.41) is 19.7. The van der Waals surface area contributed by atoms with Gasteiger partial charge in [0.1, 0.15) is 5.82 Å². The number of aliphatic hydroxyl groups excluding tert-OH is 1. The van der Waals surface area contributed by atoms with E-state index in [1.807, 2.05) is 31.2 Å². The van der Waals surface area contributed by atoms with Crippen LogP contribution in [0.15, 0.2) is 42.5 Å². The molecule has 0 unspecified atom stereocenters. The Labute approximate surface area is 193 Å². The molecule has 1 saturated heterocycles. The van der Waals surface area contributed by atoms with Crippen LogP contribution < -0.4 is 0 Å². The first-order chi connectivity index (χ1) is 15.3. The molecule has 0 aromatic heterocycles. The van der Waals surface area contributed by atoms with Crippen molar-refractivity contribution in [3.05, 3.63) is 70.0 Å². The quantitative estimate of drug-likeness (QED) is 0.508. The molecule has 5 nitrogen and oxygen atoms in total. The lowest BCUT2D eigenvalue weighted by atomic mass is 9.99. The highest BCUT2D eigenvalue weighted by Gasteiger charge is 2.27. The summed E-state index contributed by atoms with van der Waals surface area (Å²) in [7, 11) is 0. The first-order valence-electron chi connectivity index (χ1n) is 11.1. The maximum Gasteiger partial charge on any atom is 0.303 e. The van der Waals surface area contributed by atoms with Gasteiger partial charge >= 0.3 is 5.97 Å². The highest BCUT2D eigenvalue weighted by atomic mass is 35.5. The van der Waals surface area contributed by atoms with E-state index in [1.165, 1.54) is 6.07 Å². The largest absolute Gasteiger partial charge is 0.481 e. The van der Waals surface area contributed by atoms with Gasteiger partial charge in [0, 0.05) is 19.0 Å². The summed E-state index contributed by atoms with van der Waals surface area (Å²) in [4.78, 5) is 13.2. The minimum Gasteiger partial charge on any atom is -0.481 e. The fourth-order valence-electron chi connectivity index (χ4n) is 4.37. The van der Waals surface area contributed by atoms with E-state index in [1.54, 1.807) is 12.1 Å². The lowest BCUT2D eigenvalue weighted by Gasteiger charge is -2.27. The van der Waals surface area contributed by atoms with Crippen molar-refractivity contribution in [2.75, 3.05) is 19.7 Å². The van der Waals surface area contributed by atoms with Crippen LogP contribution in [-0.2, 0) is 22.4 Å². The van der Waals surface area contributed by atoms with Crippen LogP contribution in [-0.4, -0.2) is 52.9 Å². The maximum atomic E-state index is 13.4. The zero-order chi connectivity index (χ0) is 23.1. The molecule has 7 heteroatoms. The minimum absolute atomic E-state index is 0.0714. The molecule has 0 saturated carbocycles. The van der Waals surface area contributed by atoms with Crippen LogP contribution in [0.4, 0.5) is 4.39 Å². The number of hydrogen-bond acceptors (Lipinski definition) is 4. The number of halogens is 2. The lowest BCUT2D eigenvalue weighted by Crippen LogP contribution is -2.39. The maximum absolute atomic E-state index is 13.4. The molecule has 3 rings (SSSR count). The Morgan fingerprint density at radius 3 is 2.84 bits per heavy atom. The van der Waals surface area contributed by atoms with E-state index >= 15 is 0 Å². The monoisotopic (exact) mass is 463 g/mol. The third-order valence-electron chi connectivity index (χ3n) is 6.04. The second-order valence-electron chi connectivity index (χ2n) is 8.47. The number of aryl methyl sites for hydroxylation is 1. The minimum atomic E-state index is -0.827. The number of carbonyl (C=O) groups is 1. The van der Waals surface area contributed by atoms with Gasteiger partial charge in [-0.2, -0.15) is 0 Å². The number of aliphatic carboxylic acids is 1. The van der Waals surface area contributed by atoms with Crippen molar-refractivity contribution in [1.82, 2.24) is 4.90 Å². The van der Waals surface area contributed by atoms with Crippen LogP contribution in [0, 0.1) is 5.82 Å². The van der Waals surface area contributed by atoms with Crippen molar-refractivity contribution in [3.8, 4) is 0 Å². The first-order valence-corrected chi connectivity index (χ1v) is 11.5. The Hall–Kier alpha value is -1.99. The number of benzene rings is 2. The second kappa shape index (κ2) is 11.8. The molecule has 1 aliphatic heterocycles. The molecular formula is C25H31ClFNO4. The van der Waals surface area contributed by atoms with Crippen LogP contribution in [0.5, 0.6) is 0 Å². The number of aliphatic hydroxyl groups is 1. The Morgan fingerprint density at radius 1 is 1.31 bits per heavy atom. The lowest BCUT2D eigenvalue weighted by molar-refractivity contribution is -0.136. The van der Waals surface area contributed by atoms with Gasteiger partial charge in [0.05, 0.1) is 23.8 Å². The van der Waals surface area contributed by atoms with Crippen molar-refractivity contribution in [2.45, 2.75) is 57.3 Å². The smallest absolute Gasteiger partial charge is 0.303 e. The van der Waals surface area contributed by atoms with Gasteiger partial charge in [0.25, 0.3) is 0 Å². The summed E-state index contributed by atoms with van der Waals surface area (Å²) in [6.07, 6.45) is 2.48. The number of hydrogen-bond donors (Lipinski definition) is 2. The molecule has 3 atom stereocenters. The van der Waals surface area contributed by atoms with Crippen LogP contribution in [0.1, 0.15) is 49.0 Å².